The summed E-state index contributed by atoms with van der Waals surface area (Å²) >= 11 is 1.61. The monoisotopic (exact) mass is 499 g/mol. The molecule has 0 fully saturated rings. The highest BCUT2D eigenvalue weighted by Gasteiger charge is 2.24. The first-order valence-electron chi connectivity index (χ1n) is 11.6. The molecule has 0 saturated heterocycles. The highest BCUT2D eigenvalue weighted by Crippen LogP contribution is 2.20. The lowest BCUT2D eigenvalue weighted by atomic mass is 10.1. The van der Waals surface area contributed by atoms with Crippen molar-refractivity contribution in [3.05, 3.63) is 87.6 Å². The first kappa shape index (κ1) is 26.3. The molecule has 2 aromatic carbocycles. The van der Waals surface area contributed by atoms with Crippen LogP contribution in [0.5, 0.6) is 0 Å². The minimum atomic E-state index is -0.460. The zero-order valence-electron chi connectivity index (χ0n) is 20.3. The van der Waals surface area contributed by atoms with Crippen LogP contribution in [-0.4, -0.2) is 34.8 Å². The summed E-state index contributed by atoms with van der Waals surface area (Å²) in [5.74, 6) is -0.844. The Morgan fingerprint density at radius 3 is 2.34 bits per heavy atom. The molecule has 35 heavy (non-hydrogen) atoms. The van der Waals surface area contributed by atoms with E-state index >= 15 is 0 Å². The fraction of sp³-hybridized carbons (Fsp3) is 0.333. The fourth-order valence-electron chi connectivity index (χ4n) is 3.56. The van der Waals surface area contributed by atoms with E-state index in [2.05, 4.69) is 5.32 Å². The van der Waals surface area contributed by atoms with E-state index in [1.165, 1.54) is 35.2 Å². The number of benzene rings is 2. The van der Waals surface area contributed by atoms with E-state index in [9.17, 15) is 18.4 Å². The number of carbonyl (C=O) groups excluding carboxylic acids is 2. The SMILES string of the molecule is CC[C@@H](C)CN(CC(=O)N(Cc1ccc(F)cc1)Cc1ccc(C)s1)C(=O)Nc1cccc(F)c1. The third-order valence-corrected chi connectivity index (χ3v) is 6.69. The van der Waals surface area contributed by atoms with Gasteiger partial charge in [-0.2, -0.15) is 0 Å². The van der Waals surface area contributed by atoms with Crippen molar-refractivity contribution in [1.82, 2.24) is 9.80 Å². The number of anilines is 1. The zero-order chi connectivity index (χ0) is 25.4. The van der Waals surface area contributed by atoms with Gasteiger partial charge in [0.25, 0.3) is 0 Å². The molecule has 3 rings (SSSR count). The van der Waals surface area contributed by atoms with Gasteiger partial charge in [0, 0.05) is 28.5 Å². The molecule has 0 aliphatic rings. The van der Waals surface area contributed by atoms with Crippen LogP contribution in [0, 0.1) is 24.5 Å². The van der Waals surface area contributed by atoms with Crippen LogP contribution in [0.25, 0.3) is 0 Å². The van der Waals surface area contributed by atoms with Crippen molar-refractivity contribution < 1.29 is 18.4 Å². The minimum Gasteiger partial charge on any atom is -0.332 e. The van der Waals surface area contributed by atoms with Crippen LogP contribution in [0.4, 0.5) is 19.3 Å². The summed E-state index contributed by atoms with van der Waals surface area (Å²) < 4.78 is 27.0. The van der Waals surface area contributed by atoms with Crippen LogP contribution in [0.2, 0.25) is 0 Å². The van der Waals surface area contributed by atoms with Crippen molar-refractivity contribution >= 4 is 29.0 Å². The van der Waals surface area contributed by atoms with E-state index in [-0.39, 0.29) is 24.2 Å². The topological polar surface area (TPSA) is 52.7 Å². The molecule has 1 aromatic heterocycles. The van der Waals surface area contributed by atoms with Crippen LogP contribution < -0.4 is 5.32 Å². The first-order chi connectivity index (χ1) is 16.7. The lowest BCUT2D eigenvalue weighted by Gasteiger charge is -2.29. The van der Waals surface area contributed by atoms with E-state index in [1.807, 2.05) is 32.9 Å². The van der Waals surface area contributed by atoms with Gasteiger partial charge in [-0.15, -0.1) is 11.3 Å². The molecule has 3 amide bonds. The average molecular weight is 500 g/mol. The smallest absolute Gasteiger partial charge is 0.322 e. The van der Waals surface area contributed by atoms with Crippen LogP contribution in [-0.2, 0) is 17.9 Å². The number of urea groups is 1. The van der Waals surface area contributed by atoms with Crippen molar-refractivity contribution in [2.45, 2.75) is 40.3 Å². The molecule has 0 saturated carbocycles. The Hall–Kier alpha value is -3.26. The van der Waals surface area contributed by atoms with Gasteiger partial charge in [-0.3, -0.25) is 4.79 Å². The summed E-state index contributed by atoms with van der Waals surface area (Å²) in [4.78, 5) is 31.9. The lowest BCUT2D eigenvalue weighted by Crippen LogP contribution is -2.45. The van der Waals surface area contributed by atoms with E-state index in [0.717, 1.165) is 21.7 Å². The zero-order valence-corrected chi connectivity index (χ0v) is 21.1. The van der Waals surface area contributed by atoms with Gasteiger partial charge in [0.1, 0.15) is 18.2 Å². The summed E-state index contributed by atoms with van der Waals surface area (Å²) in [6.45, 7) is 6.97. The van der Waals surface area contributed by atoms with E-state index in [0.29, 0.717) is 25.3 Å². The maximum absolute atomic E-state index is 13.6. The Morgan fingerprint density at radius 1 is 0.971 bits per heavy atom. The van der Waals surface area contributed by atoms with Crippen molar-refractivity contribution in [2.75, 3.05) is 18.4 Å². The number of halogens is 2. The van der Waals surface area contributed by atoms with Gasteiger partial charge in [0.15, 0.2) is 0 Å². The third kappa shape index (κ3) is 8.17. The Bertz CT molecular complexity index is 1130. The quantitative estimate of drug-likeness (QED) is 0.349. The highest BCUT2D eigenvalue weighted by molar-refractivity contribution is 7.11. The summed E-state index contributed by atoms with van der Waals surface area (Å²) in [5, 5.41) is 2.70. The van der Waals surface area contributed by atoms with Crippen LogP contribution >= 0.6 is 11.3 Å². The number of carbonyl (C=O) groups is 2. The predicted octanol–water partition coefficient (Wildman–Crippen LogP) is 6.44. The van der Waals surface area contributed by atoms with Gasteiger partial charge in [0.05, 0.1) is 6.54 Å². The number of nitrogens with one attached hydrogen (secondary N) is 1. The molecule has 0 bridgehead atoms. The molecular weight excluding hydrogens is 468 g/mol. The largest absolute Gasteiger partial charge is 0.332 e. The minimum absolute atomic E-state index is 0.128. The molecule has 1 atom stereocenters. The highest BCUT2D eigenvalue weighted by atomic mass is 32.1. The number of rotatable bonds is 10. The van der Waals surface area contributed by atoms with Crippen molar-refractivity contribution in [1.29, 1.82) is 0 Å². The number of thiophene rings is 1. The molecule has 0 aliphatic heterocycles. The van der Waals surface area contributed by atoms with E-state index < -0.39 is 11.8 Å². The standard InChI is InChI=1S/C27H31F2N3O2S/c1-4-19(2)15-32(27(34)30-24-7-5-6-23(29)14-24)18-26(33)31(17-25-13-8-20(3)35-25)16-21-9-11-22(28)12-10-21/h5-14,19H,4,15-18H2,1-3H3,(H,30,34)/t19-/m1/s1. The Labute approximate surface area is 209 Å². The molecule has 8 heteroatoms. The Balaban J connectivity index is 1.79. The number of nitrogens with zero attached hydrogens (tertiary/aromatic N) is 2. The first-order valence-corrected chi connectivity index (χ1v) is 12.4. The molecule has 1 N–H and O–H groups in total. The maximum atomic E-state index is 13.6. The molecule has 1 heterocycles. The summed E-state index contributed by atoms with van der Waals surface area (Å²) in [6, 6.07) is 15.2. The Kier molecular flexibility index (Phi) is 9.37. The van der Waals surface area contributed by atoms with Gasteiger partial charge in [0.2, 0.25) is 5.91 Å². The maximum Gasteiger partial charge on any atom is 0.322 e. The van der Waals surface area contributed by atoms with Crippen LogP contribution in [0.3, 0.4) is 0 Å². The molecule has 0 unspecified atom stereocenters. The average Bonchev–Trinajstić information content (AvgIpc) is 3.23. The molecular formula is C27H31F2N3O2S. The lowest BCUT2D eigenvalue weighted by molar-refractivity contribution is -0.133. The number of hydrogen-bond donors (Lipinski definition) is 1. The summed E-state index contributed by atoms with van der Waals surface area (Å²) in [6.07, 6.45) is 0.839. The third-order valence-electron chi connectivity index (χ3n) is 5.70. The summed E-state index contributed by atoms with van der Waals surface area (Å²) in [7, 11) is 0. The number of aryl methyl sites for hydroxylation is 1. The van der Waals surface area contributed by atoms with Crippen molar-refractivity contribution in [2.24, 2.45) is 5.92 Å². The van der Waals surface area contributed by atoms with Crippen molar-refractivity contribution in [3.63, 3.8) is 0 Å². The van der Waals surface area contributed by atoms with Crippen LogP contribution in [0.1, 0.15) is 35.6 Å². The van der Waals surface area contributed by atoms with Crippen LogP contribution in [0.15, 0.2) is 60.7 Å². The Morgan fingerprint density at radius 2 is 1.71 bits per heavy atom. The molecule has 3 aromatic rings. The number of amides is 3. The second-order valence-electron chi connectivity index (χ2n) is 8.72. The van der Waals surface area contributed by atoms with Gasteiger partial charge in [-0.05, 0) is 60.9 Å². The molecule has 5 nitrogen and oxygen atoms in total. The van der Waals surface area contributed by atoms with E-state index in [1.54, 1.807) is 34.4 Å². The molecule has 0 radical (unpaired) electrons. The normalized spacial score (nSPS) is 11.7. The van der Waals surface area contributed by atoms with Crippen molar-refractivity contribution in [3.8, 4) is 0 Å². The second-order valence-corrected chi connectivity index (χ2v) is 10.1. The van der Waals surface area contributed by atoms with Gasteiger partial charge in [-0.25, -0.2) is 13.6 Å². The summed E-state index contributed by atoms with van der Waals surface area (Å²) in [5.41, 5.74) is 1.12. The predicted molar refractivity (Wildman–Crippen MR) is 136 cm³/mol. The second kappa shape index (κ2) is 12.4. The van der Waals surface area contributed by atoms with Gasteiger partial charge in [-0.1, -0.05) is 38.5 Å². The van der Waals surface area contributed by atoms with Gasteiger partial charge < -0.3 is 15.1 Å². The molecule has 186 valence electrons. The van der Waals surface area contributed by atoms with E-state index in [4.69, 9.17) is 0 Å². The fourth-order valence-corrected chi connectivity index (χ4v) is 4.46. The molecule has 0 spiro atoms. The number of hydrogen-bond acceptors (Lipinski definition) is 3. The molecule has 0 aliphatic carbocycles. The van der Waals surface area contributed by atoms with Gasteiger partial charge >= 0.3 is 6.03 Å².